The van der Waals surface area contributed by atoms with Crippen molar-refractivity contribution in [1.29, 1.82) is 0 Å². The number of allylic oxidation sites excluding steroid dienone is 1. The number of carboxylic acids is 1. The van der Waals surface area contributed by atoms with Crippen LogP contribution in [0.25, 0.3) is 6.08 Å². The highest BCUT2D eigenvalue weighted by Crippen LogP contribution is 2.32. The lowest BCUT2D eigenvalue weighted by atomic mass is 10.0. The van der Waals surface area contributed by atoms with Crippen molar-refractivity contribution < 1.29 is 24.2 Å². The maximum atomic E-state index is 12.8. The minimum Gasteiger partial charge on any atom is -0.478 e. The molecule has 1 aliphatic heterocycles. The van der Waals surface area contributed by atoms with Crippen molar-refractivity contribution >= 4 is 23.9 Å². The molecule has 0 radical (unpaired) electrons. The van der Waals surface area contributed by atoms with E-state index in [0.29, 0.717) is 17.8 Å². The van der Waals surface area contributed by atoms with Crippen molar-refractivity contribution in [1.82, 2.24) is 4.90 Å². The fourth-order valence-corrected chi connectivity index (χ4v) is 2.70. The minimum absolute atomic E-state index is 0.154. The first kappa shape index (κ1) is 18.4. The summed E-state index contributed by atoms with van der Waals surface area (Å²) in [6.45, 7) is 6.21. The van der Waals surface area contributed by atoms with E-state index in [0.717, 1.165) is 0 Å². The van der Waals surface area contributed by atoms with E-state index in [-0.39, 0.29) is 28.5 Å². The van der Waals surface area contributed by atoms with E-state index in [2.05, 4.69) is 0 Å². The Morgan fingerprint density at radius 3 is 2.32 bits per heavy atom. The summed E-state index contributed by atoms with van der Waals surface area (Å²) in [7, 11) is 1.28. The predicted octanol–water partition coefficient (Wildman–Crippen LogP) is 2.71. The molecule has 0 fully saturated rings. The van der Waals surface area contributed by atoms with E-state index in [4.69, 9.17) is 9.84 Å². The number of carbonyl (C=O) groups is 3. The molecular weight excluding hydrogens is 322 g/mol. The van der Waals surface area contributed by atoms with Crippen LogP contribution in [0.3, 0.4) is 0 Å². The van der Waals surface area contributed by atoms with Gasteiger partial charge in [0.2, 0.25) is 0 Å². The second kappa shape index (κ2) is 7.34. The number of amides is 1. The van der Waals surface area contributed by atoms with Crippen LogP contribution >= 0.6 is 0 Å². The highest BCUT2D eigenvalue weighted by Gasteiger charge is 2.37. The third-order valence-electron chi connectivity index (χ3n) is 3.92. The average molecular weight is 343 g/mol. The quantitative estimate of drug-likeness (QED) is 0.656. The lowest BCUT2D eigenvalue weighted by molar-refractivity contribution is -0.136. The van der Waals surface area contributed by atoms with Gasteiger partial charge >= 0.3 is 11.9 Å². The van der Waals surface area contributed by atoms with Gasteiger partial charge in [0.05, 0.1) is 23.8 Å². The maximum Gasteiger partial charge on any atom is 0.340 e. The number of methoxy groups -OCH3 is 1. The summed E-state index contributed by atoms with van der Waals surface area (Å²) in [4.78, 5) is 37.5. The molecule has 1 aromatic rings. The smallest absolute Gasteiger partial charge is 0.340 e. The van der Waals surface area contributed by atoms with Gasteiger partial charge < -0.3 is 14.7 Å². The van der Waals surface area contributed by atoms with Crippen LogP contribution in [0.15, 0.2) is 41.1 Å². The molecule has 6 nitrogen and oxygen atoms in total. The lowest BCUT2D eigenvalue weighted by Gasteiger charge is -2.19. The summed E-state index contributed by atoms with van der Waals surface area (Å²) < 4.78 is 4.83. The molecule has 6 heteroatoms. The van der Waals surface area contributed by atoms with Crippen LogP contribution in [0.1, 0.15) is 36.7 Å². The van der Waals surface area contributed by atoms with Gasteiger partial charge in [0, 0.05) is 12.2 Å². The Labute approximate surface area is 146 Å². The highest BCUT2D eigenvalue weighted by atomic mass is 16.5. The zero-order valence-corrected chi connectivity index (χ0v) is 14.7. The first-order valence-corrected chi connectivity index (χ1v) is 7.92. The van der Waals surface area contributed by atoms with Crippen molar-refractivity contribution in [2.75, 3.05) is 13.7 Å². The number of ether oxygens (including phenoxy) is 1. The van der Waals surface area contributed by atoms with E-state index < -0.39 is 11.9 Å². The van der Waals surface area contributed by atoms with Crippen LogP contribution in [-0.4, -0.2) is 41.5 Å². The fourth-order valence-electron chi connectivity index (χ4n) is 2.70. The first-order chi connectivity index (χ1) is 11.8. The van der Waals surface area contributed by atoms with Crippen molar-refractivity contribution in [2.45, 2.75) is 20.8 Å². The van der Waals surface area contributed by atoms with Gasteiger partial charge in [-0.25, -0.2) is 9.59 Å². The van der Waals surface area contributed by atoms with Crippen LogP contribution < -0.4 is 0 Å². The molecule has 0 saturated carbocycles. The number of hydrogen-bond acceptors (Lipinski definition) is 4. The number of carbonyl (C=O) groups excluding carboxylic acids is 2. The number of esters is 1. The first-order valence-electron chi connectivity index (χ1n) is 7.92. The summed E-state index contributed by atoms with van der Waals surface area (Å²) in [5, 5.41) is 8.96. The molecule has 1 aromatic carbocycles. The van der Waals surface area contributed by atoms with Gasteiger partial charge in [0.1, 0.15) is 0 Å². The Balaban J connectivity index is 2.47. The molecule has 1 aliphatic rings. The Hall–Kier alpha value is -2.89. The van der Waals surface area contributed by atoms with Gasteiger partial charge in [-0.1, -0.05) is 26.0 Å². The van der Waals surface area contributed by atoms with E-state index in [1.165, 1.54) is 19.2 Å². The Morgan fingerprint density at radius 2 is 1.84 bits per heavy atom. The van der Waals surface area contributed by atoms with Crippen LogP contribution in [0, 0.1) is 5.92 Å². The Morgan fingerprint density at radius 1 is 1.24 bits per heavy atom. The molecule has 132 valence electrons. The van der Waals surface area contributed by atoms with Crippen molar-refractivity contribution in [3.8, 4) is 0 Å². The van der Waals surface area contributed by atoms with Gasteiger partial charge in [-0.15, -0.1) is 0 Å². The van der Waals surface area contributed by atoms with Crippen molar-refractivity contribution in [3.63, 3.8) is 0 Å². The molecule has 0 bridgehead atoms. The molecule has 0 saturated heterocycles. The zero-order valence-electron chi connectivity index (χ0n) is 14.7. The lowest BCUT2D eigenvalue weighted by Crippen LogP contribution is -2.28. The molecule has 0 atom stereocenters. The van der Waals surface area contributed by atoms with Gasteiger partial charge in [-0.3, -0.25) is 4.79 Å². The number of benzene rings is 1. The number of rotatable bonds is 5. The van der Waals surface area contributed by atoms with Crippen LogP contribution in [0.4, 0.5) is 0 Å². The van der Waals surface area contributed by atoms with Crippen LogP contribution in [0.2, 0.25) is 0 Å². The maximum absolute atomic E-state index is 12.8. The third kappa shape index (κ3) is 3.79. The Kier molecular flexibility index (Phi) is 5.41. The van der Waals surface area contributed by atoms with Crippen LogP contribution in [-0.2, 0) is 14.3 Å². The summed E-state index contributed by atoms with van der Waals surface area (Å²) in [6.07, 6.45) is 1.59. The number of hydrogen-bond donors (Lipinski definition) is 1. The molecule has 25 heavy (non-hydrogen) atoms. The van der Waals surface area contributed by atoms with E-state index in [1.807, 2.05) is 13.8 Å². The van der Waals surface area contributed by atoms with Gasteiger partial charge in [-0.2, -0.15) is 0 Å². The summed E-state index contributed by atoms with van der Waals surface area (Å²) in [5.41, 5.74) is 1.86. The summed E-state index contributed by atoms with van der Waals surface area (Å²) >= 11 is 0. The van der Waals surface area contributed by atoms with Crippen molar-refractivity contribution in [2.24, 2.45) is 5.92 Å². The molecule has 1 amide bonds. The number of nitrogens with zero attached hydrogens (tertiary/aromatic N) is 1. The molecule has 1 N–H and O–H groups in total. The molecule has 0 spiro atoms. The average Bonchev–Trinajstić information content (AvgIpc) is 2.79. The SMILES string of the molecule is COC(=O)C1=C(C)N(CC(C)C)C(=O)C1=Cc1ccc(C(=O)O)cc1. The largest absolute Gasteiger partial charge is 0.478 e. The number of carboxylic acid groups (broad SMARTS) is 1. The minimum atomic E-state index is -1.02. The third-order valence-corrected chi connectivity index (χ3v) is 3.92. The van der Waals surface area contributed by atoms with E-state index >= 15 is 0 Å². The molecule has 0 aliphatic carbocycles. The standard InChI is InChI=1S/C19H21NO5/c1-11(2)10-20-12(3)16(19(24)25-4)15(17(20)21)9-13-5-7-14(8-6-13)18(22)23/h5-9,11H,10H2,1-4H3,(H,22,23). The van der Waals surface area contributed by atoms with Crippen molar-refractivity contribution in [3.05, 3.63) is 52.2 Å². The second-order valence-corrected chi connectivity index (χ2v) is 6.25. The van der Waals surface area contributed by atoms with E-state index in [1.54, 1.807) is 30.0 Å². The molecule has 0 aromatic heterocycles. The summed E-state index contributed by atoms with van der Waals surface area (Å²) in [5.74, 6) is -1.60. The van der Waals surface area contributed by atoms with Gasteiger partial charge in [0.15, 0.2) is 0 Å². The second-order valence-electron chi connectivity index (χ2n) is 6.25. The topological polar surface area (TPSA) is 83.9 Å². The number of aromatic carboxylic acids is 1. The normalized spacial score (nSPS) is 16.1. The molecule has 2 rings (SSSR count). The molecule has 1 heterocycles. The monoisotopic (exact) mass is 343 g/mol. The summed E-state index contributed by atoms with van der Waals surface area (Å²) in [6, 6.07) is 6.10. The predicted molar refractivity (Wildman–Crippen MR) is 92.6 cm³/mol. The Bertz CT molecular complexity index is 772. The molecule has 0 unspecified atom stereocenters. The zero-order chi connectivity index (χ0) is 18.7. The fraction of sp³-hybridized carbons (Fsp3) is 0.316. The van der Waals surface area contributed by atoms with Gasteiger partial charge in [0.25, 0.3) is 5.91 Å². The highest BCUT2D eigenvalue weighted by molar-refractivity contribution is 6.16. The van der Waals surface area contributed by atoms with E-state index in [9.17, 15) is 14.4 Å². The molecular formula is C19H21NO5. The van der Waals surface area contributed by atoms with Crippen LogP contribution in [0.5, 0.6) is 0 Å². The van der Waals surface area contributed by atoms with Gasteiger partial charge in [-0.05, 0) is 36.6 Å².